The van der Waals surface area contributed by atoms with Crippen LogP contribution in [0.5, 0.6) is 0 Å². The van der Waals surface area contributed by atoms with E-state index in [1.807, 2.05) is 27.7 Å². The van der Waals surface area contributed by atoms with Crippen LogP contribution in [0.1, 0.15) is 34.1 Å². The van der Waals surface area contributed by atoms with Gasteiger partial charge in [-0.05, 0) is 13.8 Å². The van der Waals surface area contributed by atoms with Gasteiger partial charge in [0.05, 0.1) is 10.9 Å². The Labute approximate surface area is 95.2 Å². The molecule has 0 aromatic heterocycles. The molecule has 1 saturated heterocycles. The summed E-state index contributed by atoms with van der Waals surface area (Å²) in [5, 5.41) is 0.522. The Morgan fingerprint density at radius 1 is 1.36 bits per heavy atom. The number of rotatable bonds is 2. The Morgan fingerprint density at radius 2 is 1.93 bits per heavy atom. The summed E-state index contributed by atoms with van der Waals surface area (Å²) in [7, 11) is 0. The highest BCUT2D eigenvalue weighted by Gasteiger charge is 2.46. The van der Waals surface area contributed by atoms with E-state index >= 15 is 0 Å². The molecule has 1 aliphatic heterocycles. The van der Waals surface area contributed by atoms with Crippen molar-refractivity contribution in [3.05, 3.63) is 10.8 Å². The second-order valence-corrected chi connectivity index (χ2v) is 4.79. The van der Waals surface area contributed by atoms with E-state index in [2.05, 4.69) is 0 Å². The van der Waals surface area contributed by atoms with Crippen molar-refractivity contribution in [3.8, 4) is 0 Å². The lowest BCUT2D eigenvalue weighted by Gasteiger charge is -2.22. The summed E-state index contributed by atoms with van der Waals surface area (Å²) in [4.78, 5) is 0. The number of alkyl halides is 1. The van der Waals surface area contributed by atoms with E-state index < -0.39 is 11.4 Å². The normalized spacial score (nSPS) is 34.1. The number of allylic oxidation sites excluding steroid dienone is 1. The molecule has 0 aromatic carbocycles. The van der Waals surface area contributed by atoms with Crippen LogP contribution < -0.4 is 0 Å². The lowest BCUT2D eigenvalue weighted by molar-refractivity contribution is -0.166. The van der Waals surface area contributed by atoms with Crippen LogP contribution >= 0.6 is 23.2 Å². The summed E-state index contributed by atoms with van der Waals surface area (Å²) in [6.07, 6.45) is 0.770. The van der Waals surface area contributed by atoms with Gasteiger partial charge in [-0.1, -0.05) is 18.5 Å². The zero-order chi connectivity index (χ0) is 11.0. The van der Waals surface area contributed by atoms with Gasteiger partial charge in [-0.2, -0.15) is 0 Å². The van der Waals surface area contributed by atoms with Crippen LogP contribution in [0, 0.1) is 0 Å². The van der Waals surface area contributed by atoms with E-state index in [0.717, 1.165) is 6.42 Å². The molecule has 0 aliphatic carbocycles. The predicted octanol–water partition coefficient (Wildman–Crippen LogP) is 3.63. The molecule has 1 heterocycles. The monoisotopic (exact) mass is 238 g/mol. The zero-order valence-electron chi connectivity index (χ0n) is 8.99. The van der Waals surface area contributed by atoms with Crippen molar-refractivity contribution >= 4 is 23.2 Å². The van der Waals surface area contributed by atoms with Crippen molar-refractivity contribution in [2.45, 2.75) is 45.5 Å². The average Bonchev–Trinajstić information content (AvgIpc) is 2.36. The van der Waals surface area contributed by atoms with E-state index in [0.29, 0.717) is 10.8 Å². The summed E-state index contributed by atoms with van der Waals surface area (Å²) < 4.78 is 11.5. The summed E-state index contributed by atoms with van der Waals surface area (Å²) in [6, 6.07) is 0. The molecular formula is C10H16Cl2O2. The van der Waals surface area contributed by atoms with E-state index in [1.165, 1.54) is 0 Å². The molecule has 82 valence electrons. The maximum absolute atomic E-state index is 5.98. The van der Waals surface area contributed by atoms with Gasteiger partial charge < -0.3 is 9.47 Å². The van der Waals surface area contributed by atoms with Crippen LogP contribution in [-0.4, -0.2) is 17.3 Å². The minimum Gasteiger partial charge on any atom is -0.463 e. The number of halogens is 2. The standard InChI is InChI=1S/C10H16Cl2O2/c1-5-10(4)13-8(7(12)6-11)9(2,3)14-10/h5-6H2,1-4H3/b8-7-. The molecule has 1 fully saturated rings. The van der Waals surface area contributed by atoms with E-state index in [4.69, 9.17) is 32.7 Å². The molecule has 1 rings (SSSR count). The van der Waals surface area contributed by atoms with Gasteiger partial charge >= 0.3 is 0 Å². The van der Waals surface area contributed by atoms with Gasteiger partial charge in [-0.3, -0.25) is 0 Å². The Balaban J connectivity index is 3.01. The van der Waals surface area contributed by atoms with E-state index in [9.17, 15) is 0 Å². The third-order valence-corrected chi connectivity index (χ3v) is 3.05. The summed E-state index contributed by atoms with van der Waals surface area (Å²) >= 11 is 11.7. The highest BCUT2D eigenvalue weighted by molar-refractivity contribution is 6.36. The lowest BCUT2D eigenvalue weighted by Crippen LogP contribution is -2.29. The molecule has 0 spiro atoms. The molecule has 2 nitrogen and oxygen atoms in total. The highest BCUT2D eigenvalue weighted by atomic mass is 35.5. The molecule has 0 N–H and O–H groups in total. The van der Waals surface area contributed by atoms with Gasteiger partial charge in [0, 0.05) is 13.3 Å². The van der Waals surface area contributed by atoms with Crippen LogP contribution in [-0.2, 0) is 9.47 Å². The van der Waals surface area contributed by atoms with Crippen LogP contribution in [0.3, 0.4) is 0 Å². The van der Waals surface area contributed by atoms with Crippen molar-refractivity contribution in [1.82, 2.24) is 0 Å². The fraction of sp³-hybridized carbons (Fsp3) is 0.800. The molecule has 14 heavy (non-hydrogen) atoms. The van der Waals surface area contributed by atoms with Gasteiger partial charge in [0.25, 0.3) is 0 Å². The van der Waals surface area contributed by atoms with Gasteiger partial charge in [-0.15, -0.1) is 11.6 Å². The molecule has 0 radical (unpaired) electrons. The van der Waals surface area contributed by atoms with Gasteiger partial charge in [0.1, 0.15) is 11.4 Å². The maximum Gasteiger partial charge on any atom is 0.208 e. The summed E-state index contributed by atoms with van der Waals surface area (Å²) in [5.41, 5.74) is -0.489. The molecule has 4 heteroatoms. The lowest BCUT2D eigenvalue weighted by atomic mass is 10.1. The smallest absolute Gasteiger partial charge is 0.208 e. The second-order valence-electron chi connectivity index (χ2n) is 4.07. The fourth-order valence-electron chi connectivity index (χ4n) is 1.53. The Kier molecular flexibility index (Phi) is 3.40. The molecule has 1 unspecified atom stereocenters. The Hall–Kier alpha value is 0.0800. The number of hydrogen-bond acceptors (Lipinski definition) is 2. The SMILES string of the molecule is CCC1(C)O/C(=C(\Cl)CCl)C(C)(C)O1. The first-order valence-electron chi connectivity index (χ1n) is 4.69. The van der Waals surface area contributed by atoms with Crippen molar-refractivity contribution in [2.75, 3.05) is 5.88 Å². The Bertz CT molecular complexity index is 261. The number of ether oxygens (including phenoxy) is 2. The Morgan fingerprint density at radius 3 is 2.29 bits per heavy atom. The largest absolute Gasteiger partial charge is 0.463 e. The fourth-order valence-corrected chi connectivity index (χ4v) is 1.92. The van der Waals surface area contributed by atoms with Crippen LogP contribution in [0.2, 0.25) is 0 Å². The number of hydrogen-bond donors (Lipinski definition) is 0. The van der Waals surface area contributed by atoms with E-state index in [1.54, 1.807) is 0 Å². The molecule has 0 saturated carbocycles. The van der Waals surface area contributed by atoms with Gasteiger partial charge in [0.2, 0.25) is 5.79 Å². The molecule has 0 bridgehead atoms. The van der Waals surface area contributed by atoms with E-state index in [-0.39, 0.29) is 5.88 Å². The first-order chi connectivity index (χ1) is 6.34. The molecule has 1 aliphatic rings. The molecule has 0 aromatic rings. The first kappa shape index (κ1) is 12.2. The maximum atomic E-state index is 5.98. The minimum atomic E-state index is -0.578. The molecule has 0 amide bonds. The molecule has 1 atom stereocenters. The zero-order valence-corrected chi connectivity index (χ0v) is 10.5. The third-order valence-electron chi connectivity index (χ3n) is 2.34. The van der Waals surface area contributed by atoms with Crippen molar-refractivity contribution in [2.24, 2.45) is 0 Å². The van der Waals surface area contributed by atoms with Crippen LogP contribution in [0.15, 0.2) is 10.8 Å². The first-order valence-corrected chi connectivity index (χ1v) is 5.60. The third kappa shape index (κ3) is 2.18. The average molecular weight is 239 g/mol. The second kappa shape index (κ2) is 3.92. The topological polar surface area (TPSA) is 18.5 Å². The van der Waals surface area contributed by atoms with Crippen molar-refractivity contribution < 1.29 is 9.47 Å². The quantitative estimate of drug-likeness (QED) is 0.685. The van der Waals surface area contributed by atoms with Gasteiger partial charge in [-0.25, -0.2) is 0 Å². The highest BCUT2D eigenvalue weighted by Crippen LogP contribution is 2.42. The molecular weight excluding hydrogens is 223 g/mol. The summed E-state index contributed by atoms with van der Waals surface area (Å²) in [5.74, 6) is 0.327. The van der Waals surface area contributed by atoms with Crippen LogP contribution in [0.25, 0.3) is 0 Å². The minimum absolute atomic E-state index is 0.253. The predicted molar refractivity (Wildman–Crippen MR) is 58.5 cm³/mol. The summed E-state index contributed by atoms with van der Waals surface area (Å²) in [6.45, 7) is 7.77. The van der Waals surface area contributed by atoms with Crippen molar-refractivity contribution in [3.63, 3.8) is 0 Å². The van der Waals surface area contributed by atoms with Crippen molar-refractivity contribution in [1.29, 1.82) is 0 Å². The van der Waals surface area contributed by atoms with Gasteiger partial charge in [0.15, 0.2) is 0 Å². The van der Waals surface area contributed by atoms with Crippen LogP contribution in [0.4, 0.5) is 0 Å².